The number of rotatable bonds is 5. The van der Waals surface area contributed by atoms with Crippen molar-refractivity contribution in [1.82, 2.24) is 10.2 Å². The van der Waals surface area contributed by atoms with E-state index in [1.165, 1.54) is 12.1 Å². The number of hydrogen-bond acceptors (Lipinski definition) is 1. The van der Waals surface area contributed by atoms with Crippen LogP contribution < -0.4 is 5.32 Å². The molecule has 0 aliphatic carbocycles. The quantitative estimate of drug-likeness (QED) is 0.637. The van der Waals surface area contributed by atoms with Crippen molar-refractivity contribution in [2.45, 2.75) is 31.3 Å². The zero-order chi connectivity index (χ0) is 18.7. The first-order valence-electron chi connectivity index (χ1n) is 8.67. The van der Waals surface area contributed by atoms with Crippen LogP contribution in [0.3, 0.4) is 0 Å². The third kappa shape index (κ3) is 3.40. The monoisotopic (exact) mass is 416 g/mol. The average Bonchev–Trinajstić information content (AvgIpc) is 2.63. The number of hydrogen-bond donors (Lipinski definition) is 1. The zero-order valence-corrected chi connectivity index (χ0v) is 16.3. The number of nitrogens with one attached hydrogen (secondary N) is 1. The van der Waals surface area contributed by atoms with Gasteiger partial charge in [0.2, 0.25) is 0 Å². The van der Waals surface area contributed by atoms with Crippen LogP contribution in [0.4, 0.5) is 9.18 Å². The van der Waals surface area contributed by atoms with Crippen LogP contribution in [0.15, 0.2) is 65.7 Å². The van der Waals surface area contributed by atoms with Gasteiger partial charge in [0.1, 0.15) is 5.82 Å². The zero-order valence-electron chi connectivity index (χ0n) is 14.7. The first-order chi connectivity index (χ1) is 12.5. The largest absolute Gasteiger partial charge is 0.338 e. The number of benzene rings is 2. The summed E-state index contributed by atoms with van der Waals surface area (Å²) in [5.74, 6) is -0.282. The molecule has 26 heavy (non-hydrogen) atoms. The van der Waals surface area contributed by atoms with E-state index >= 15 is 0 Å². The third-order valence-electron chi connectivity index (χ3n) is 5.10. The Labute approximate surface area is 162 Å². The summed E-state index contributed by atoms with van der Waals surface area (Å²) in [6.45, 7) is 6.51. The lowest BCUT2D eigenvalue weighted by atomic mass is 9.79. The van der Waals surface area contributed by atoms with Gasteiger partial charge in [0.15, 0.2) is 0 Å². The Morgan fingerprint density at radius 1 is 1.27 bits per heavy atom. The lowest BCUT2D eigenvalue weighted by Crippen LogP contribution is -2.59. The summed E-state index contributed by atoms with van der Waals surface area (Å²) in [4.78, 5) is 14.8. The molecule has 2 aromatic carbocycles. The Kier molecular flexibility index (Phi) is 5.47. The van der Waals surface area contributed by atoms with Crippen molar-refractivity contribution in [3.05, 3.63) is 82.6 Å². The van der Waals surface area contributed by atoms with Crippen LogP contribution in [0.25, 0.3) is 0 Å². The summed E-state index contributed by atoms with van der Waals surface area (Å²) in [7, 11) is 0. The van der Waals surface area contributed by atoms with E-state index in [-0.39, 0.29) is 17.9 Å². The molecule has 2 aromatic rings. The number of amides is 2. The van der Waals surface area contributed by atoms with Crippen molar-refractivity contribution in [2.24, 2.45) is 0 Å². The van der Waals surface area contributed by atoms with Gasteiger partial charge in [0, 0.05) is 11.0 Å². The summed E-state index contributed by atoms with van der Waals surface area (Å²) in [6.07, 6.45) is 3.17. The van der Waals surface area contributed by atoms with Crippen LogP contribution in [0.1, 0.15) is 36.9 Å². The number of carbonyl (C=O) groups excluding carboxylic acids is 1. The van der Waals surface area contributed by atoms with E-state index in [0.717, 1.165) is 22.0 Å². The van der Waals surface area contributed by atoms with Crippen molar-refractivity contribution in [2.75, 3.05) is 6.54 Å². The van der Waals surface area contributed by atoms with Crippen LogP contribution in [-0.4, -0.2) is 17.5 Å². The molecular formula is C21H22BrFN2O. The molecule has 3 nitrogen and oxygen atoms in total. The van der Waals surface area contributed by atoms with E-state index < -0.39 is 5.54 Å². The average molecular weight is 417 g/mol. The van der Waals surface area contributed by atoms with Crippen molar-refractivity contribution >= 4 is 22.0 Å². The lowest BCUT2D eigenvalue weighted by Gasteiger charge is -2.50. The second-order valence-electron chi connectivity index (χ2n) is 6.61. The van der Waals surface area contributed by atoms with Gasteiger partial charge >= 0.3 is 6.03 Å². The topological polar surface area (TPSA) is 32.3 Å². The minimum Gasteiger partial charge on any atom is -0.338 e. The van der Waals surface area contributed by atoms with E-state index in [9.17, 15) is 9.18 Å². The van der Waals surface area contributed by atoms with Gasteiger partial charge in [-0.3, -0.25) is 0 Å². The molecule has 1 heterocycles. The highest BCUT2D eigenvalue weighted by atomic mass is 79.9. The molecule has 5 heteroatoms. The summed E-state index contributed by atoms with van der Waals surface area (Å²) < 4.78 is 14.5. The van der Waals surface area contributed by atoms with E-state index in [1.807, 2.05) is 42.2 Å². The summed E-state index contributed by atoms with van der Waals surface area (Å²) >= 11 is 3.45. The third-order valence-corrected chi connectivity index (χ3v) is 5.63. The molecule has 1 fully saturated rings. The normalized spacial score (nSPS) is 21.2. The van der Waals surface area contributed by atoms with Crippen LogP contribution >= 0.6 is 15.9 Å². The molecule has 1 saturated heterocycles. The molecule has 3 rings (SSSR count). The predicted molar refractivity (Wildman–Crippen MR) is 105 cm³/mol. The minimum atomic E-state index is -0.551. The summed E-state index contributed by atoms with van der Waals surface area (Å²) in [5.41, 5.74) is 1.42. The van der Waals surface area contributed by atoms with Crippen LogP contribution in [0, 0.1) is 5.82 Å². The standard InChI is InChI=1S/C21H22BrFN2O/c1-3-12-21(17-6-10-19(23)11-7-17)13-14-24-20(26)25(21)15(2)16-4-8-18(22)9-5-16/h3-11,15H,1,12-14H2,2H3,(H,24,26)/t15-,21+/m0/s1. The van der Waals surface area contributed by atoms with Gasteiger partial charge in [-0.25, -0.2) is 9.18 Å². The van der Waals surface area contributed by atoms with Gasteiger partial charge in [-0.2, -0.15) is 0 Å². The van der Waals surface area contributed by atoms with E-state index in [4.69, 9.17) is 0 Å². The molecule has 1 aliphatic rings. The van der Waals surface area contributed by atoms with Crippen molar-refractivity contribution in [3.8, 4) is 0 Å². The molecule has 0 unspecified atom stereocenters. The number of urea groups is 1. The maximum Gasteiger partial charge on any atom is 0.318 e. The molecule has 0 saturated carbocycles. The Morgan fingerprint density at radius 3 is 2.54 bits per heavy atom. The van der Waals surface area contributed by atoms with Crippen LogP contribution in [0.5, 0.6) is 0 Å². The predicted octanol–water partition coefficient (Wildman–Crippen LogP) is 5.54. The fourth-order valence-electron chi connectivity index (χ4n) is 3.81. The van der Waals surface area contributed by atoms with Gasteiger partial charge in [0.05, 0.1) is 11.6 Å². The molecule has 2 amide bonds. The second kappa shape index (κ2) is 7.62. The highest BCUT2D eigenvalue weighted by molar-refractivity contribution is 9.10. The molecule has 0 aromatic heterocycles. The van der Waals surface area contributed by atoms with Gasteiger partial charge < -0.3 is 10.2 Å². The molecule has 0 bridgehead atoms. The maximum atomic E-state index is 13.5. The molecule has 1 N–H and O–H groups in total. The molecule has 0 radical (unpaired) electrons. The number of halogens is 2. The van der Waals surface area contributed by atoms with Crippen molar-refractivity contribution < 1.29 is 9.18 Å². The first kappa shape index (κ1) is 18.6. The first-order valence-corrected chi connectivity index (χ1v) is 9.47. The summed E-state index contributed by atoms with van der Waals surface area (Å²) in [5, 5.41) is 2.96. The van der Waals surface area contributed by atoms with Crippen LogP contribution in [0.2, 0.25) is 0 Å². The van der Waals surface area contributed by atoms with Gasteiger partial charge in [0.25, 0.3) is 0 Å². The van der Waals surface area contributed by atoms with E-state index in [0.29, 0.717) is 13.0 Å². The highest BCUT2D eigenvalue weighted by Gasteiger charge is 2.45. The van der Waals surface area contributed by atoms with Gasteiger partial charge in [-0.1, -0.05) is 46.3 Å². The smallest absolute Gasteiger partial charge is 0.318 e. The van der Waals surface area contributed by atoms with E-state index in [2.05, 4.69) is 27.8 Å². The number of nitrogens with zero attached hydrogens (tertiary/aromatic N) is 1. The van der Waals surface area contributed by atoms with E-state index in [1.54, 1.807) is 12.1 Å². The highest BCUT2D eigenvalue weighted by Crippen LogP contribution is 2.43. The fraction of sp³-hybridized carbons (Fsp3) is 0.286. The maximum absolute atomic E-state index is 13.5. The lowest BCUT2D eigenvalue weighted by molar-refractivity contribution is 0.0545. The Bertz CT molecular complexity index is 791. The van der Waals surface area contributed by atoms with Crippen molar-refractivity contribution in [3.63, 3.8) is 0 Å². The molecule has 1 aliphatic heterocycles. The Morgan fingerprint density at radius 2 is 1.92 bits per heavy atom. The molecule has 136 valence electrons. The second-order valence-corrected chi connectivity index (χ2v) is 7.53. The van der Waals surface area contributed by atoms with Crippen LogP contribution in [-0.2, 0) is 5.54 Å². The minimum absolute atomic E-state index is 0.113. The van der Waals surface area contributed by atoms with Gasteiger partial charge in [-0.15, -0.1) is 6.58 Å². The fourth-order valence-corrected chi connectivity index (χ4v) is 4.08. The Balaban J connectivity index is 2.09. The van der Waals surface area contributed by atoms with Crippen molar-refractivity contribution in [1.29, 1.82) is 0 Å². The number of carbonyl (C=O) groups is 1. The summed E-state index contributed by atoms with van der Waals surface area (Å²) in [6, 6.07) is 14.2. The Hall–Kier alpha value is -2.14. The molecular weight excluding hydrogens is 395 g/mol. The molecule has 0 spiro atoms. The molecule has 2 atom stereocenters. The SMILES string of the molecule is C=CC[C@]1(c2ccc(F)cc2)CCNC(=O)N1[C@@H](C)c1ccc(Br)cc1. The van der Waals surface area contributed by atoms with Gasteiger partial charge in [-0.05, 0) is 55.2 Å².